The van der Waals surface area contributed by atoms with Gasteiger partial charge in [-0.25, -0.2) is 37.7 Å². The van der Waals surface area contributed by atoms with Crippen molar-refractivity contribution in [1.29, 1.82) is 0 Å². The molecule has 1 saturated heterocycles. The quantitative estimate of drug-likeness (QED) is 0.322. The van der Waals surface area contributed by atoms with Crippen molar-refractivity contribution in [3.05, 3.63) is 48.0 Å². The zero-order valence-corrected chi connectivity index (χ0v) is 22.8. The first-order valence-electron chi connectivity index (χ1n) is 12.6. The first-order valence-corrected chi connectivity index (χ1v) is 14.3. The molecule has 3 aromatic heterocycles. The Kier molecular flexibility index (Phi) is 7.72. The van der Waals surface area contributed by atoms with Crippen molar-refractivity contribution in [3.8, 4) is 22.6 Å². The number of anilines is 3. The Hall–Kier alpha value is -4.04. The fourth-order valence-electron chi connectivity index (χ4n) is 4.49. The van der Waals surface area contributed by atoms with Gasteiger partial charge in [-0.05, 0) is 44.5 Å². The summed E-state index contributed by atoms with van der Waals surface area (Å²) < 4.78 is 60.4. The van der Waals surface area contributed by atoms with Gasteiger partial charge in [0.15, 0.2) is 17.5 Å². The molecular formula is C26H28F2N8O3S. The van der Waals surface area contributed by atoms with Gasteiger partial charge < -0.3 is 15.4 Å². The Morgan fingerprint density at radius 1 is 1.15 bits per heavy atom. The van der Waals surface area contributed by atoms with Gasteiger partial charge in [-0.1, -0.05) is 6.07 Å². The molecule has 1 aliphatic heterocycles. The number of pyridine rings is 1. The minimum absolute atomic E-state index is 0.0206. The van der Waals surface area contributed by atoms with Crippen molar-refractivity contribution in [2.45, 2.75) is 26.3 Å². The van der Waals surface area contributed by atoms with Crippen LogP contribution in [-0.2, 0) is 14.8 Å². The molecule has 0 amide bonds. The average molecular weight is 571 g/mol. The minimum Gasteiger partial charge on any atom is -0.377 e. The molecule has 11 nitrogen and oxygen atoms in total. The number of nitrogen functional groups attached to an aromatic ring is 1. The van der Waals surface area contributed by atoms with Crippen LogP contribution in [-0.4, -0.2) is 71.6 Å². The predicted octanol–water partition coefficient (Wildman–Crippen LogP) is 3.50. The number of nitrogens with zero attached hydrogens (tertiary/aromatic N) is 6. The van der Waals surface area contributed by atoms with Gasteiger partial charge >= 0.3 is 0 Å². The maximum Gasteiger partial charge on any atom is 0.232 e. The SMILES string of the molecule is Cc1nc(N)ncc1-c1nc(N2CCOCC2C)c2nc(-c3cccc(NS(=O)(=O)CCCF)c3F)ccc2n1. The Morgan fingerprint density at radius 2 is 1.98 bits per heavy atom. The molecule has 210 valence electrons. The number of rotatable bonds is 8. The van der Waals surface area contributed by atoms with E-state index in [9.17, 15) is 12.8 Å². The smallest absolute Gasteiger partial charge is 0.232 e. The molecule has 0 aliphatic carbocycles. The van der Waals surface area contributed by atoms with Crippen molar-refractivity contribution in [3.63, 3.8) is 0 Å². The Balaban J connectivity index is 1.63. The number of halogens is 2. The lowest BCUT2D eigenvalue weighted by atomic mass is 10.1. The number of ether oxygens (including phenoxy) is 1. The molecular weight excluding hydrogens is 542 g/mol. The molecule has 1 atom stereocenters. The summed E-state index contributed by atoms with van der Waals surface area (Å²) >= 11 is 0. The lowest BCUT2D eigenvalue weighted by Crippen LogP contribution is -2.44. The van der Waals surface area contributed by atoms with Gasteiger partial charge in [-0.15, -0.1) is 0 Å². The summed E-state index contributed by atoms with van der Waals surface area (Å²) in [6.45, 7) is 4.55. The van der Waals surface area contributed by atoms with Crippen LogP contribution in [0.3, 0.4) is 0 Å². The van der Waals surface area contributed by atoms with Crippen LogP contribution >= 0.6 is 0 Å². The Labute approximate surface area is 229 Å². The van der Waals surface area contributed by atoms with Crippen LogP contribution in [0.4, 0.5) is 26.2 Å². The van der Waals surface area contributed by atoms with Gasteiger partial charge in [-0.2, -0.15) is 0 Å². The van der Waals surface area contributed by atoms with Crippen LogP contribution in [0.15, 0.2) is 36.5 Å². The first-order chi connectivity index (χ1) is 19.2. The molecule has 3 N–H and O–H groups in total. The summed E-state index contributed by atoms with van der Waals surface area (Å²) in [5, 5.41) is 0. The molecule has 1 unspecified atom stereocenters. The summed E-state index contributed by atoms with van der Waals surface area (Å²) in [6, 6.07) is 7.63. The number of benzene rings is 1. The third-order valence-corrected chi connectivity index (χ3v) is 7.85. The minimum atomic E-state index is -3.92. The van der Waals surface area contributed by atoms with Gasteiger partial charge in [0.05, 0.1) is 59.8 Å². The van der Waals surface area contributed by atoms with Crippen molar-refractivity contribution < 1.29 is 21.9 Å². The molecule has 1 aromatic carbocycles. The van der Waals surface area contributed by atoms with Gasteiger partial charge in [0.1, 0.15) is 5.52 Å². The number of hydrogen-bond acceptors (Lipinski definition) is 10. The normalized spacial score (nSPS) is 15.9. The topological polar surface area (TPSA) is 149 Å². The number of alkyl halides is 1. The van der Waals surface area contributed by atoms with Gasteiger partial charge in [0.2, 0.25) is 16.0 Å². The number of fused-ring (bicyclic) bond motifs is 1. The lowest BCUT2D eigenvalue weighted by Gasteiger charge is -2.34. The van der Waals surface area contributed by atoms with E-state index in [2.05, 4.69) is 19.6 Å². The Bertz CT molecular complexity index is 1670. The second kappa shape index (κ2) is 11.2. The number of hydrogen-bond donors (Lipinski definition) is 2. The predicted molar refractivity (Wildman–Crippen MR) is 149 cm³/mol. The zero-order valence-electron chi connectivity index (χ0n) is 21.9. The van der Waals surface area contributed by atoms with Crippen LogP contribution < -0.4 is 15.4 Å². The van der Waals surface area contributed by atoms with Crippen LogP contribution in [0.2, 0.25) is 0 Å². The Morgan fingerprint density at radius 3 is 2.73 bits per heavy atom. The highest BCUT2D eigenvalue weighted by atomic mass is 32.2. The third kappa shape index (κ3) is 5.63. The first kappa shape index (κ1) is 27.5. The molecule has 4 aromatic rings. The second-order valence-corrected chi connectivity index (χ2v) is 11.3. The maximum absolute atomic E-state index is 15.6. The monoisotopic (exact) mass is 570 g/mol. The van der Waals surface area contributed by atoms with E-state index in [0.717, 1.165) is 0 Å². The number of morpholine rings is 1. The number of nitrogens with one attached hydrogen (secondary N) is 1. The fraction of sp³-hybridized carbons (Fsp3) is 0.346. The molecule has 40 heavy (non-hydrogen) atoms. The summed E-state index contributed by atoms with van der Waals surface area (Å²) in [7, 11) is -3.92. The largest absolute Gasteiger partial charge is 0.377 e. The molecule has 4 heterocycles. The van der Waals surface area contributed by atoms with Crippen LogP contribution in [0.25, 0.3) is 33.7 Å². The number of aryl methyl sites for hydroxylation is 1. The van der Waals surface area contributed by atoms with E-state index in [1.165, 1.54) is 18.2 Å². The van der Waals surface area contributed by atoms with E-state index >= 15 is 4.39 Å². The van der Waals surface area contributed by atoms with Gasteiger partial charge in [0.25, 0.3) is 0 Å². The van der Waals surface area contributed by atoms with Crippen LogP contribution in [0, 0.1) is 12.7 Å². The van der Waals surface area contributed by atoms with Crippen molar-refractivity contribution >= 4 is 38.5 Å². The van der Waals surface area contributed by atoms with E-state index in [-0.39, 0.29) is 35.4 Å². The highest BCUT2D eigenvalue weighted by Gasteiger charge is 2.26. The molecule has 5 rings (SSSR count). The highest BCUT2D eigenvalue weighted by Crippen LogP contribution is 2.33. The molecule has 0 spiro atoms. The van der Waals surface area contributed by atoms with Crippen molar-refractivity contribution in [1.82, 2.24) is 24.9 Å². The highest BCUT2D eigenvalue weighted by molar-refractivity contribution is 7.92. The number of nitrogens with two attached hydrogens (primary N) is 1. The van der Waals surface area contributed by atoms with Crippen LogP contribution in [0.5, 0.6) is 0 Å². The molecule has 14 heteroatoms. The second-order valence-electron chi connectivity index (χ2n) is 9.41. The molecule has 0 saturated carbocycles. The third-order valence-electron chi connectivity index (χ3n) is 6.49. The molecule has 1 fully saturated rings. The van der Waals surface area contributed by atoms with Crippen molar-refractivity contribution in [2.75, 3.05) is 47.5 Å². The van der Waals surface area contributed by atoms with E-state index in [4.69, 9.17) is 25.4 Å². The van der Waals surface area contributed by atoms with E-state index in [1.807, 2.05) is 6.92 Å². The summed E-state index contributed by atoms with van der Waals surface area (Å²) in [5.41, 5.74) is 8.02. The average Bonchev–Trinajstić information content (AvgIpc) is 2.92. The fourth-order valence-corrected chi connectivity index (χ4v) is 5.57. The van der Waals surface area contributed by atoms with Crippen LogP contribution in [0.1, 0.15) is 19.0 Å². The lowest BCUT2D eigenvalue weighted by molar-refractivity contribution is 0.0987. The maximum atomic E-state index is 15.6. The van der Waals surface area contributed by atoms with E-state index < -0.39 is 28.3 Å². The molecule has 0 bridgehead atoms. The van der Waals surface area contributed by atoms with Gasteiger partial charge in [-0.3, -0.25) is 9.11 Å². The molecule has 1 aliphatic rings. The summed E-state index contributed by atoms with van der Waals surface area (Å²) in [5.74, 6) is -0.182. The molecule has 0 radical (unpaired) electrons. The number of aromatic nitrogens is 5. The van der Waals surface area contributed by atoms with E-state index in [1.54, 1.807) is 25.3 Å². The summed E-state index contributed by atoms with van der Waals surface area (Å²) in [6.07, 6.45) is 1.39. The summed E-state index contributed by atoms with van der Waals surface area (Å²) in [4.78, 5) is 24.7. The van der Waals surface area contributed by atoms with Gasteiger partial charge in [0, 0.05) is 18.3 Å². The van der Waals surface area contributed by atoms with Crippen molar-refractivity contribution in [2.24, 2.45) is 0 Å². The zero-order chi connectivity index (χ0) is 28.4. The van der Waals surface area contributed by atoms with E-state index in [0.29, 0.717) is 53.7 Å². The standard InChI is InChI=1S/C26H28F2N8O3S/c1-15-14-39-11-10-36(15)25-23-21(33-24(34-25)18-13-30-26(29)31-16(18)2)8-7-19(32-23)17-5-3-6-20(22(17)28)35-40(37,38)12-4-9-27/h3,5-8,13,15,35H,4,9-12,14H2,1-2H3,(H2,29,30,31). The number of sulfonamides is 1.